The molecule has 1 aromatic carbocycles. The summed E-state index contributed by atoms with van der Waals surface area (Å²) in [6, 6.07) is 7.21. The van der Waals surface area contributed by atoms with Gasteiger partial charge in [-0.15, -0.1) is 0 Å². The van der Waals surface area contributed by atoms with E-state index in [2.05, 4.69) is 20.7 Å². The van der Waals surface area contributed by atoms with E-state index in [1.165, 1.54) is 0 Å². The first-order valence-corrected chi connectivity index (χ1v) is 6.40. The Bertz CT molecular complexity index is 457. The van der Waals surface area contributed by atoms with Crippen molar-refractivity contribution in [3.05, 3.63) is 24.3 Å². The number of benzene rings is 1. The first-order chi connectivity index (χ1) is 9.66. The molecule has 1 aliphatic heterocycles. The average Bonchev–Trinajstić information content (AvgIpc) is 2.46. The van der Waals surface area contributed by atoms with Crippen LogP contribution in [0.25, 0.3) is 0 Å². The van der Waals surface area contributed by atoms with Gasteiger partial charge in [-0.3, -0.25) is 4.79 Å². The molecular weight excluding hydrogens is 268 g/mol. The molecule has 2 rings (SSSR count). The van der Waals surface area contributed by atoms with Crippen molar-refractivity contribution in [2.45, 2.75) is 12.5 Å². The minimum absolute atomic E-state index is 0.0762. The highest BCUT2D eigenvalue weighted by molar-refractivity contribution is 5.88. The number of ether oxygens (including phenoxy) is 1. The van der Waals surface area contributed by atoms with Crippen LogP contribution in [0.5, 0.6) is 0 Å². The molecule has 1 heterocycles. The zero-order valence-corrected chi connectivity index (χ0v) is 10.9. The Morgan fingerprint density at radius 1 is 1.40 bits per heavy atom. The van der Waals surface area contributed by atoms with Crippen molar-refractivity contribution in [3.63, 3.8) is 0 Å². The van der Waals surface area contributed by atoms with Gasteiger partial charge in [0.15, 0.2) is 0 Å². The van der Waals surface area contributed by atoms with Crippen LogP contribution in [-0.4, -0.2) is 44.7 Å². The molecule has 0 radical (unpaired) electrons. The number of fused-ring (bicyclic) bond motifs is 1. The molecule has 1 unspecified atom stereocenters. The summed E-state index contributed by atoms with van der Waals surface area (Å²) in [5, 5.41) is 8.92. The minimum atomic E-state index is -2.48. The highest BCUT2D eigenvalue weighted by Crippen LogP contribution is 2.24. The molecule has 0 aromatic heterocycles. The third-order valence-electron chi connectivity index (χ3n) is 2.86. The number of amides is 1. The van der Waals surface area contributed by atoms with Gasteiger partial charge in [0.25, 0.3) is 6.43 Å². The SMILES string of the molecule is O=C(NCCOCC(F)F)C1CNc2ccccc2N1. The quantitative estimate of drug-likeness (QED) is 0.689. The van der Waals surface area contributed by atoms with Gasteiger partial charge < -0.3 is 20.7 Å². The minimum Gasteiger partial charge on any atom is -0.381 e. The fourth-order valence-corrected chi connectivity index (χ4v) is 1.91. The van der Waals surface area contributed by atoms with Gasteiger partial charge in [-0.2, -0.15) is 0 Å². The van der Waals surface area contributed by atoms with Crippen molar-refractivity contribution >= 4 is 17.3 Å². The van der Waals surface area contributed by atoms with Crippen molar-refractivity contribution < 1.29 is 18.3 Å². The molecule has 1 aliphatic rings. The predicted octanol–water partition coefficient (Wildman–Crippen LogP) is 1.29. The second-order valence-corrected chi connectivity index (χ2v) is 4.38. The van der Waals surface area contributed by atoms with E-state index in [4.69, 9.17) is 0 Å². The zero-order chi connectivity index (χ0) is 14.4. The molecule has 0 fully saturated rings. The molecular formula is C13H17F2N3O2. The third kappa shape index (κ3) is 4.06. The number of nitrogens with one attached hydrogen (secondary N) is 3. The standard InChI is InChI=1S/C13H17F2N3O2/c14-12(15)8-20-6-5-16-13(19)11-7-17-9-3-1-2-4-10(9)18-11/h1-4,11-12,17-18H,5-8H2,(H,16,19). The molecule has 3 N–H and O–H groups in total. The Labute approximate surface area is 115 Å². The fraction of sp³-hybridized carbons (Fsp3) is 0.462. The highest BCUT2D eigenvalue weighted by atomic mass is 19.3. The summed E-state index contributed by atoms with van der Waals surface area (Å²) >= 11 is 0. The van der Waals surface area contributed by atoms with Gasteiger partial charge in [0.2, 0.25) is 5.91 Å². The van der Waals surface area contributed by atoms with Gasteiger partial charge in [0.1, 0.15) is 12.6 Å². The van der Waals surface area contributed by atoms with Crippen LogP contribution < -0.4 is 16.0 Å². The van der Waals surface area contributed by atoms with Gasteiger partial charge in [-0.25, -0.2) is 8.78 Å². The molecule has 110 valence electrons. The number of carbonyl (C=O) groups is 1. The Morgan fingerprint density at radius 3 is 2.90 bits per heavy atom. The average molecular weight is 285 g/mol. The van der Waals surface area contributed by atoms with E-state index < -0.39 is 13.0 Å². The molecule has 0 aliphatic carbocycles. The number of hydrogen-bond acceptors (Lipinski definition) is 4. The number of halogens is 2. The fourth-order valence-electron chi connectivity index (χ4n) is 1.91. The molecule has 20 heavy (non-hydrogen) atoms. The van der Waals surface area contributed by atoms with Gasteiger partial charge in [-0.1, -0.05) is 12.1 Å². The predicted molar refractivity (Wildman–Crippen MR) is 72.2 cm³/mol. The molecule has 7 heteroatoms. The first kappa shape index (κ1) is 14.5. The summed E-state index contributed by atoms with van der Waals surface area (Å²) in [4.78, 5) is 11.9. The van der Waals surface area contributed by atoms with Crippen LogP contribution in [0, 0.1) is 0 Å². The number of carbonyl (C=O) groups excluding carboxylic acids is 1. The molecule has 1 atom stereocenters. The summed E-state index contributed by atoms with van der Waals surface area (Å²) in [6.07, 6.45) is -2.48. The van der Waals surface area contributed by atoms with Crippen LogP contribution in [0.2, 0.25) is 0 Å². The summed E-state index contributed by atoms with van der Waals surface area (Å²) in [5.74, 6) is -0.187. The van der Waals surface area contributed by atoms with Crippen molar-refractivity contribution in [1.29, 1.82) is 0 Å². The van der Waals surface area contributed by atoms with Crippen LogP contribution in [0.15, 0.2) is 24.3 Å². The van der Waals surface area contributed by atoms with Crippen LogP contribution in [0.1, 0.15) is 0 Å². The van der Waals surface area contributed by atoms with Crippen LogP contribution in [0.4, 0.5) is 20.2 Å². The first-order valence-electron chi connectivity index (χ1n) is 6.40. The molecule has 1 aromatic rings. The number of alkyl halides is 2. The lowest BCUT2D eigenvalue weighted by Crippen LogP contribution is -2.46. The Kier molecular flexibility index (Phi) is 5.11. The van der Waals surface area contributed by atoms with E-state index >= 15 is 0 Å². The van der Waals surface area contributed by atoms with Crippen molar-refractivity contribution in [2.24, 2.45) is 0 Å². The molecule has 0 bridgehead atoms. The second-order valence-electron chi connectivity index (χ2n) is 4.38. The second kappa shape index (κ2) is 7.04. The molecule has 0 saturated heterocycles. The lowest BCUT2D eigenvalue weighted by atomic mass is 10.1. The summed E-state index contributed by atoms with van der Waals surface area (Å²) in [5.41, 5.74) is 1.82. The van der Waals surface area contributed by atoms with Crippen LogP contribution >= 0.6 is 0 Å². The summed E-state index contributed by atoms with van der Waals surface area (Å²) < 4.78 is 28.3. The number of hydrogen-bond donors (Lipinski definition) is 3. The largest absolute Gasteiger partial charge is 0.381 e. The van der Waals surface area contributed by atoms with E-state index in [1.807, 2.05) is 24.3 Å². The van der Waals surface area contributed by atoms with Gasteiger partial charge in [0, 0.05) is 13.1 Å². The highest BCUT2D eigenvalue weighted by Gasteiger charge is 2.22. The smallest absolute Gasteiger partial charge is 0.261 e. The molecule has 0 saturated carbocycles. The summed E-state index contributed by atoms with van der Waals surface area (Å²) in [7, 11) is 0. The Morgan fingerprint density at radius 2 is 2.15 bits per heavy atom. The van der Waals surface area contributed by atoms with E-state index in [-0.39, 0.29) is 25.1 Å². The van der Waals surface area contributed by atoms with Gasteiger partial charge in [-0.05, 0) is 12.1 Å². The van der Waals surface area contributed by atoms with Crippen LogP contribution in [-0.2, 0) is 9.53 Å². The lowest BCUT2D eigenvalue weighted by molar-refractivity contribution is -0.121. The number of rotatable bonds is 6. The molecule has 1 amide bonds. The van der Waals surface area contributed by atoms with Crippen molar-refractivity contribution in [2.75, 3.05) is 36.9 Å². The summed E-state index contributed by atoms with van der Waals surface area (Å²) in [6.45, 7) is 0.158. The normalized spacial score (nSPS) is 17.1. The molecule has 5 nitrogen and oxygen atoms in total. The Balaban J connectivity index is 1.72. The maximum atomic E-state index is 11.9. The molecule has 0 spiro atoms. The third-order valence-corrected chi connectivity index (χ3v) is 2.86. The number of anilines is 2. The van der Waals surface area contributed by atoms with Crippen LogP contribution in [0.3, 0.4) is 0 Å². The topological polar surface area (TPSA) is 62.4 Å². The maximum absolute atomic E-state index is 11.9. The van der Waals surface area contributed by atoms with Gasteiger partial charge >= 0.3 is 0 Å². The van der Waals surface area contributed by atoms with Crippen molar-refractivity contribution in [3.8, 4) is 0 Å². The monoisotopic (exact) mass is 285 g/mol. The van der Waals surface area contributed by atoms with E-state index in [0.29, 0.717) is 6.54 Å². The zero-order valence-electron chi connectivity index (χ0n) is 10.9. The van der Waals surface area contributed by atoms with E-state index in [9.17, 15) is 13.6 Å². The van der Waals surface area contributed by atoms with Crippen molar-refractivity contribution in [1.82, 2.24) is 5.32 Å². The van der Waals surface area contributed by atoms with E-state index in [0.717, 1.165) is 11.4 Å². The van der Waals surface area contributed by atoms with Gasteiger partial charge in [0.05, 0.1) is 18.0 Å². The Hall–Kier alpha value is -1.89. The number of para-hydroxylation sites is 2. The lowest BCUT2D eigenvalue weighted by Gasteiger charge is -2.27. The maximum Gasteiger partial charge on any atom is 0.261 e. The van der Waals surface area contributed by atoms with E-state index in [1.54, 1.807) is 0 Å².